The van der Waals surface area contributed by atoms with E-state index in [0.717, 1.165) is 4.90 Å². The zero-order valence-electron chi connectivity index (χ0n) is 17.4. The Hall–Kier alpha value is -2.42. The van der Waals surface area contributed by atoms with Crippen LogP contribution in [-0.2, 0) is 14.4 Å². The fourth-order valence-corrected chi connectivity index (χ4v) is 5.59. The average molecular weight is 522 g/mol. The van der Waals surface area contributed by atoms with E-state index in [1.165, 1.54) is 12.1 Å². The van der Waals surface area contributed by atoms with Crippen molar-refractivity contribution in [2.45, 2.75) is 31.8 Å². The average Bonchev–Trinajstić information content (AvgIpc) is 3.18. The maximum atomic E-state index is 13.6. The van der Waals surface area contributed by atoms with Crippen LogP contribution in [0.15, 0.2) is 46.9 Å². The molecule has 2 aliphatic heterocycles. The van der Waals surface area contributed by atoms with E-state index < -0.39 is 41.2 Å². The first-order valence-electron chi connectivity index (χ1n) is 10.2. The van der Waals surface area contributed by atoms with Crippen LogP contribution in [0.5, 0.6) is 5.75 Å². The van der Waals surface area contributed by atoms with Gasteiger partial charge in [-0.3, -0.25) is 19.7 Å². The topological polar surface area (TPSA) is 107 Å². The molecule has 3 N–H and O–H groups in total. The van der Waals surface area contributed by atoms with Gasteiger partial charge in [0.15, 0.2) is 0 Å². The van der Waals surface area contributed by atoms with Crippen LogP contribution in [0.25, 0.3) is 0 Å². The van der Waals surface area contributed by atoms with Gasteiger partial charge in [0.2, 0.25) is 11.8 Å². The Balaban J connectivity index is 1.91. The number of aliphatic carboxylic acids is 1. The maximum Gasteiger partial charge on any atom is 0.324 e. The van der Waals surface area contributed by atoms with Gasteiger partial charge in [0.25, 0.3) is 0 Å². The summed E-state index contributed by atoms with van der Waals surface area (Å²) < 4.78 is 0.656. The van der Waals surface area contributed by atoms with Gasteiger partial charge < -0.3 is 10.2 Å². The minimum atomic E-state index is -1.67. The molecule has 9 heteroatoms. The number of carbonyl (C=O) groups is 3. The summed E-state index contributed by atoms with van der Waals surface area (Å²) in [6.45, 7) is 3.72. The number of carbonyl (C=O) groups excluding carboxylic acids is 2. The number of amides is 2. The number of aromatic hydroxyl groups is 1. The monoisotopic (exact) mass is 520 g/mol. The summed E-state index contributed by atoms with van der Waals surface area (Å²) in [5.41, 5.74) is -1.02. The summed E-state index contributed by atoms with van der Waals surface area (Å²) in [5, 5.41) is 24.3. The molecule has 0 radical (unpaired) electrons. The van der Waals surface area contributed by atoms with Crippen LogP contribution in [0.4, 0.5) is 5.69 Å². The van der Waals surface area contributed by atoms with Crippen LogP contribution in [0.1, 0.15) is 31.9 Å². The Morgan fingerprint density at radius 3 is 2.56 bits per heavy atom. The fraction of sp³-hybridized carbons (Fsp3) is 0.348. The molecule has 7 nitrogen and oxygen atoms in total. The predicted molar refractivity (Wildman–Crippen MR) is 122 cm³/mol. The van der Waals surface area contributed by atoms with E-state index in [-0.39, 0.29) is 18.1 Å². The molecule has 0 spiro atoms. The number of imide groups is 1. The summed E-state index contributed by atoms with van der Waals surface area (Å²) in [5.74, 6) is -4.62. The first kappa shape index (κ1) is 22.8. The molecule has 2 amide bonds. The second kappa shape index (κ2) is 8.17. The Kier molecular flexibility index (Phi) is 5.81. The van der Waals surface area contributed by atoms with Gasteiger partial charge in [0.05, 0.1) is 17.5 Å². The number of rotatable bonds is 5. The molecule has 2 aromatic carbocycles. The predicted octanol–water partition coefficient (Wildman–Crippen LogP) is 4.13. The van der Waals surface area contributed by atoms with Crippen molar-refractivity contribution in [3.05, 3.63) is 57.5 Å². The number of benzene rings is 2. The summed E-state index contributed by atoms with van der Waals surface area (Å²) >= 11 is 9.45. The molecule has 2 aliphatic rings. The van der Waals surface area contributed by atoms with E-state index in [0.29, 0.717) is 20.7 Å². The summed E-state index contributed by atoms with van der Waals surface area (Å²) in [7, 11) is 0. The molecule has 0 saturated carbocycles. The van der Waals surface area contributed by atoms with Crippen LogP contribution in [0.3, 0.4) is 0 Å². The highest BCUT2D eigenvalue weighted by Gasteiger charge is 2.68. The van der Waals surface area contributed by atoms with Crippen LogP contribution in [0, 0.1) is 17.8 Å². The number of carboxylic acid groups (broad SMARTS) is 1. The Bertz CT molecular complexity index is 1120. The van der Waals surface area contributed by atoms with Crippen LogP contribution in [0.2, 0.25) is 5.02 Å². The molecule has 168 valence electrons. The van der Waals surface area contributed by atoms with Crippen molar-refractivity contribution in [1.29, 1.82) is 0 Å². The van der Waals surface area contributed by atoms with Crippen molar-refractivity contribution in [3.8, 4) is 5.75 Å². The van der Waals surface area contributed by atoms with Crippen molar-refractivity contribution in [2.24, 2.45) is 17.8 Å². The van der Waals surface area contributed by atoms with Crippen molar-refractivity contribution < 1.29 is 24.6 Å². The molecule has 2 fully saturated rings. The smallest absolute Gasteiger partial charge is 0.324 e. The normalized spacial score (nSPS) is 27.3. The number of phenolic OH excluding ortho intramolecular Hbond substituents is 1. The zero-order valence-corrected chi connectivity index (χ0v) is 19.7. The van der Waals surface area contributed by atoms with E-state index in [1.54, 1.807) is 30.3 Å². The molecule has 4 rings (SSSR count). The molecule has 0 unspecified atom stereocenters. The van der Waals surface area contributed by atoms with Crippen LogP contribution >= 0.6 is 27.5 Å². The Morgan fingerprint density at radius 1 is 1.22 bits per heavy atom. The molecular weight excluding hydrogens is 500 g/mol. The van der Waals surface area contributed by atoms with Gasteiger partial charge in [-0.15, -0.1) is 0 Å². The van der Waals surface area contributed by atoms with Gasteiger partial charge in [-0.1, -0.05) is 47.4 Å². The lowest BCUT2D eigenvalue weighted by atomic mass is 9.75. The van der Waals surface area contributed by atoms with Crippen molar-refractivity contribution in [1.82, 2.24) is 5.32 Å². The van der Waals surface area contributed by atoms with E-state index in [4.69, 9.17) is 11.6 Å². The molecule has 2 heterocycles. The number of halogens is 2. The number of phenols is 1. The summed E-state index contributed by atoms with van der Waals surface area (Å²) in [6, 6.07) is 10.2. The standard InChI is InChI=1S/C23H22BrClN2O5/c1-11(2)10-23(22(31)32)18-17(19(26-23)15-8-12(24)6-7-16(15)28)20(29)27(21(18)30)14-5-3-4-13(25)9-14/h3-9,11,17-19,26,28H,10H2,1-2H3,(H,31,32)/t17-,18-,19+,23-/m0/s1. The molecule has 2 aromatic rings. The highest BCUT2D eigenvalue weighted by Crippen LogP contribution is 2.53. The highest BCUT2D eigenvalue weighted by atomic mass is 79.9. The Labute approximate surface area is 198 Å². The lowest BCUT2D eigenvalue weighted by molar-refractivity contribution is -0.149. The van der Waals surface area contributed by atoms with E-state index in [9.17, 15) is 24.6 Å². The van der Waals surface area contributed by atoms with Crippen molar-refractivity contribution >= 4 is 51.0 Å². The zero-order chi connectivity index (χ0) is 23.4. The SMILES string of the molecule is CC(C)C[C@]1(C(=O)O)N[C@H](c2cc(Br)ccc2O)[C@H]2C(=O)N(c3cccc(Cl)c3)C(=O)[C@H]21. The molecule has 0 aliphatic carbocycles. The fourth-order valence-electron chi connectivity index (χ4n) is 5.03. The second-order valence-corrected chi connectivity index (χ2v) is 10.0. The number of nitrogens with one attached hydrogen (secondary N) is 1. The van der Waals surface area contributed by atoms with Crippen LogP contribution in [-0.4, -0.2) is 33.5 Å². The van der Waals surface area contributed by atoms with E-state index in [2.05, 4.69) is 21.2 Å². The number of hydrogen-bond donors (Lipinski definition) is 3. The second-order valence-electron chi connectivity index (χ2n) is 8.69. The van der Waals surface area contributed by atoms with Crippen molar-refractivity contribution in [2.75, 3.05) is 4.90 Å². The maximum absolute atomic E-state index is 13.6. The molecule has 0 bridgehead atoms. The largest absolute Gasteiger partial charge is 0.508 e. The highest BCUT2D eigenvalue weighted by molar-refractivity contribution is 9.10. The van der Waals surface area contributed by atoms with Gasteiger partial charge in [0, 0.05) is 21.1 Å². The quantitative estimate of drug-likeness (QED) is 0.511. The van der Waals surface area contributed by atoms with Gasteiger partial charge in [0.1, 0.15) is 11.3 Å². The first-order chi connectivity index (χ1) is 15.1. The van der Waals surface area contributed by atoms with Gasteiger partial charge >= 0.3 is 5.97 Å². The first-order valence-corrected chi connectivity index (χ1v) is 11.4. The lowest BCUT2D eigenvalue weighted by Gasteiger charge is -2.32. The number of hydrogen-bond acceptors (Lipinski definition) is 5. The molecule has 2 saturated heterocycles. The number of fused-ring (bicyclic) bond motifs is 1. The summed E-state index contributed by atoms with van der Waals surface area (Å²) in [6.07, 6.45) is 0.136. The third kappa shape index (κ3) is 3.50. The molecular formula is C23H22BrClN2O5. The van der Waals surface area contributed by atoms with Crippen molar-refractivity contribution in [3.63, 3.8) is 0 Å². The van der Waals surface area contributed by atoms with Gasteiger partial charge in [-0.05, 0) is 48.7 Å². The minimum Gasteiger partial charge on any atom is -0.508 e. The molecule has 4 atom stereocenters. The van der Waals surface area contributed by atoms with Gasteiger partial charge in [-0.2, -0.15) is 0 Å². The van der Waals surface area contributed by atoms with Gasteiger partial charge in [-0.25, -0.2) is 4.90 Å². The molecule has 32 heavy (non-hydrogen) atoms. The lowest BCUT2D eigenvalue weighted by Crippen LogP contribution is -2.56. The third-order valence-corrected chi connectivity index (χ3v) is 6.89. The number of nitrogens with zero attached hydrogens (tertiary/aromatic N) is 1. The summed E-state index contributed by atoms with van der Waals surface area (Å²) in [4.78, 5) is 40.9. The number of carboxylic acids is 1. The molecule has 0 aromatic heterocycles. The van der Waals surface area contributed by atoms with E-state index in [1.807, 2.05) is 13.8 Å². The Morgan fingerprint density at radius 2 is 1.94 bits per heavy atom. The number of anilines is 1. The van der Waals surface area contributed by atoms with Crippen LogP contribution < -0.4 is 10.2 Å². The minimum absolute atomic E-state index is 0.0720. The van der Waals surface area contributed by atoms with E-state index >= 15 is 0 Å². The third-order valence-electron chi connectivity index (χ3n) is 6.16.